The molecule has 0 aromatic heterocycles. The minimum absolute atomic E-state index is 0.164. The molecule has 1 rings (SSSR count). The second kappa shape index (κ2) is 4.09. The number of carbonyl (C=O) groups excluding carboxylic acids is 2. The van der Waals surface area contributed by atoms with E-state index < -0.39 is 6.10 Å². The highest BCUT2D eigenvalue weighted by molar-refractivity contribution is 5.84. The molecule has 0 saturated carbocycles. The zero-order valence-electron chi connectivity index (χ0n) is 7.13. The molecule has 1 fully saturated rings. The maximum absolute atomic E-state index is 11.1. The molecular formula is C8H13NO3. The molecule has 0 aliphatic carbocycles. The third-order valence-electron chi connectivity index (χ3n) is 1.80. The zero-order valence-corrected chi connectivity index (χ0v) is 7.13. The standard InChI is InChI=1S/C8H13NO3/c1-2-7(10)12-6-4-3-5-9-8(6)11/h6H,2-5H2,1H3,(H,9,11). The van der Waals surface area contributed by atoms with Gasteiger partial charge in [-0.25, -0.2) is 0 Å². The molecular weight excluding hydrogens is 158 g/mol. The number of esters is 1. The summed E-state index contributed by atoms with van der Waals surface area (Å²) in [4.78, 5) is 21.9. The van der Waals surface area contributed by atoms with Crippen molar-refractivity contribution in [2.24, 2.45) is 0 Å². The maximum Gasteiger partial charge on any atom is 0.306 e. The van der Waals surface area contributed by atoms with Gasteiger partial charge >= 0.3 is 5.97 Å². The number of carbonyl (C=O) groups is 2. The molecule has 1 heterocycles. The molecule has 1 unspecified atom stereocenters. The molecule has 0 bridgehead atoms. The number of nitrogens with one attached hydrogen (secondary N) is 1. The first-order chi connectivity index (χ1) is 5.74. The van der Waals surface area contributed by atoms with Gasteiger partial charge in [0.25, 0.3) is 5.91 Å². The van der Waals surface area contributed by atoms with Crippen LogP contribution in [0, 0.1) is 0 Å². The molecule has 0 spiro atoms. The third-order valence-corrected chi connectivity index (χ3v) is 1.80. The quantitative estimate of drug-likeness (QED) is 0.604. The SMILES string of the molecule is CCC(=O)OC1CCCNC1=O. The molecule has 1 aliphatic heterocycles. The average molecular weight is 171 g/mol. The van der Waals surface area contributed by atoms with E-state index in [9.17, 15) is 9.59 Å². The molecule has 1 N–H and O–H groups in total. The van der Waals surface area contributed by atoms with E-state index in [0.717, 1.165) is 6.42 Å². The molecule has 0 aromatic carbocycles. The van der Waals surface area contributed by atoms with Crippen LogP contribution in [0.15, 0.2) is 0 Å². The van der Waals surface area contributed by atoms with Crippen molar-refractivity contribution in [3.63, 3.8) is 0 Å². The smallest absolute Gasteiger partial charge is 0.306 e. The van der Waals surface area contributed by atoms with E-state index in [0.29, 0.717) is 19.4 Å². The van der Waals surface area contributed by atoms with Crippen molar-refractivity contribution in [3.8, 4) is 0 Å². The first-order valence-electron chi connectivity index (χ1n) is 4.21. The third kappa shape index (κ3) is 2.22. The van der Waals surface area contributed by atoms with Crippen LogP contribution < -0.4 is 5.32 Å². The van der Waals surface area contributed by atoms with Gasteiger partial charge in [-0.1, -0.05) is 6.92 Å². The molecule has 1 aliphatic rings. The van der Waals surface area contributed by atoms with Crippen molar-refractivity contribution >= 4 is 11.9 Å². The molecule has 1 amide bonds. The predicted molar refractivity (Wildman–Crippen MR) is 42.4 cm³/mol. The maximum atomic E-state index is 11.1. The zero-order chi connectivity index (χ0) is 8.97. The predicted octanol–water partition coefficient (Wildman–Crippen LogP) is 0.218. The molecule has 4 heteroatoms. The van der Waals surface area contributed by atoms with Gasteiger partial charge in [0, 0.05) is 13.0 Å². The van der Waals surface area contributed by atoms with E-state index in [-0.39, 0.29) is 11.9 Å². The number of ether oxygens (including phenoxy) is 1. The molecule has 0 aromatic rings. The van der Waals surface area contributed by atoms with Crippen LogP contribution in [0.25, 0.3) is 0 Å². The summed E-state index contributed by atoms with van der Waals surface area (Å²) in [6, 6.07) is 0. The van der Waals surface area contributed by atoms with Crippen molar-refractivity contribution in [2.45, 2.75) is 32.3 Å². The molecule has 4 nitrogen and oxygen atoms in total. The number of piperidine rings is 1. The topological polar surface area (TPSA) is 55.4 Å². The lowest BCUT2D eigenvalue weighted by molar-refractivity contribution is -0.157. The van der Waals surface area contributed by atoms with Gasteiger partial charge in [-0.05, 0) is 12.8 Å². The Labute approximate surface area is 71.3 Å². The van der Waals surface area contributed by atoms with Gasteiger partial charge in [-0.15, -0.1) is 0 Å². The Balaban J connectivity index is 2.39. The van der Waals surface area contributed by atoms with Crippen LogP contribution >= 0.6 is 0 Å². The average Bonchev–Trinajstić information content (AvgIpc) is 2.09. The Hall–Kier alpha value is -1.06. The van der Waals surface area contributed by atoms with Crippen molar-refractivity contribution in [1.82, 2.24) is 5.32 Å². The summed E-state index contributed by atoms with van der Waals surface area (Å²) in [6.07, 6.45) is 1.31. The van der Waals surface area contributed by atoms with Gasteiger partial charge in [0.1, 0.15) is 0 Å². The van der Waals surface area contributed by atoms with Crippen LogP contribution in [0.3, 0.4) is 0 Å². The summed E-state index contributed by atoms with van der Waals surface area (Å²) >= 11 is 0. The van der Waals surface area contributed by atoms with Gasteiger partial charge in [0.2, 0.25) is 0 Å². The van der Waals surface area contributed by atoms with Crippen molar-refractivity contribution in [1.29, 1.82) is 0 Å². The van der Waals surface area contributed by atoms with Crippen LogP contribution in [-0.4, -0.2) is 24.5 Å². The highest BCUT2D eigenvalue weighted by Crippen LogP contribution is 2.07. The van der Waals surface area contributed by atoms with Crippen LogP contribution in [-0.2, 0) is 14.3 Å². The van der Waals surface area contributed by atoms with E-state index in [1.54, 1.807) is 6.92 Å². The minimum Gasteiger partial charge on any atom is -0.452 e. The van der Waals surface area contributed by atoms with Gasteiger partial charge in [0.05, 0.1) is 0 Å². The van der Waals surface area contributed by atoms with E-state index in [4.69, 9.17) is 4.74 Å². The first kappa shape index (κ1) is 9.03. The summed E-state index contributed by atoms with van der Waals surface area (Å²) < 4.78 is 4.90. The monoisotopic (exact) mass is 171 g/mol. The number of hydrogen-bond acceptors (Lipinski definition) is 3. The summed E-state index contributed by atoms with van der Waals surface area (Å²) in [6.45, 7) is 2.40. The fraction of sp³-hybridized carbons (Fsp3) is 0.750. The van der Waals surface area contributed by atoms with Crippen molar-refractivity contribution in [3.05, 3.63) is 0 Å². The fourth-order valence-electron chi connectivity index (χ4n) is 1.10. The lowest BCUT2D eigenvalue weighted by atomic mass is 10.1. The Morgan fingerprint density at radius 2 is 2.50 bits per heavy atom. The van der Waals surface area contributed by atoms with Crippen LogP contribution in [0.2, 0.25) is 0 Å². The molecule has 68 valence electrons. The highest BCUT2D eigenvalue weighted by Gasteiger charge is 2.24. The Morgan fingerprint density at radius 3 is 3.08 bits per heavy atom. The Bertz CT molecular complexity index is 191. The normalized spacial score (nSPS) is 23.1. The summed E-state index contributed by atoms with van der Waals surface area (Å²) in [5, 5.41) is 2.65. The molecule has 1 atom stereocenters. The second-order valence-electron chi connectivity index (χ2n) is 2.77. The van der Waals surface area contributed by atoms with Crippen LogP contribution in [0.1, 0.15) is 26.2 Å². The highest BCUT2D eigenvalue weighted by atomic mass is 16.5. The number of hydrogen-bond donors (Lipinski definition) is 1. The summed E-state index contributed by atoms with van der Waals surface area (Å²) in [7, 11) is 0. The summed E-state index contributed by atoms with van der Waals surface area (Å²) in [5.41, 5.74) is 0. The van der Waals surface area contributed by atoms with E-state index in [2.05, 4.69) is 5.32 Å². The Kier molecular flexibility index (Phi) is 3.08. The fourth-order valence-corrected chi connectivity index (χ4v) is 1.10. The van der Waals surface area contributed by atoms with Gasteiger partial charge in [0.15, 0.2) is 6.10 Å². The first-order valence-corrected chi connectivity index (χ1v) is 4.21. The Morgan fingerprint density at radius 1 is 1.75 bits per heavy atom. The van der Waals surface area contributed by atoms with E-state index in [1.807, 2.05) is 0 Å². The number of rotatable bonds is 2. The van der Waals surface area contributed by atoms with Crippen LogP contribution in [0.4, 0.5) is 0 Å². The molecule has 0 radical (unpaired) electrons. The lowest BCUT2D eigenvalue weighted by Crippen LogP contribution is -2.42. The number of amides is 1. The van der Waals surface area contributed by atoms with E-state index >= 15 is 0 Å². The van der Waals surface area contributed by atoms with Crippen LogP contribution in [0.5, 0.6) is 0 Å². The molecule has 1 saturated heterocycles. The van der Waals surface area contributed by atoms with E-state index in [1.165, 1.54) is 0 Å². The summed E-state index contributed by atoms with van der Waals surface area (Å²) in [5.74, 6) is -0.472. The molecule has 12 heavy (non-hydrogen) atoms. The minimum atomic E-state index is -0.550. The lowest BCUT2D eigenvalue weighted by Gasteiger charge is -2.21. The van der Waals surface area contributed by atoms with Gasteiger partial charge in [-0.2, -0.15) is 0 Å². The second-order valence-corrected chi connectivity index (χ2v) is 2.77. The van der Waals surface area contributed by atoms with Gasteiger partial charge in [-0.3, -0.25) is 9.59 Å². The van der Waals surface area contributed by atoms with Crippen molar-refractivity contribution in [2.75, 3.05) is 6.54 Å². The van der Waals surface area contributed by atoms with Crippen molar-refractivity contribution < 1.29 is 14.3 Å². The van der Waals surface area contributed by atoms with Gasteiger partial charge < -0.3 is 10.1 Å². The largest absolute Gasteiger partial charge is 0.452 e.